The number of nitrogens with one attached hydrogen (secondary N) is 2. The Morgan fingerprint density at radius 1 is 1.18 bits per heavy atom. The highest BCUT2D eigenvalue weighted by Gasteiger charge is 2.26. The Kier molecular flexibility index (Phi) is 8.35. The monoisotopic (exact) mass is 451 g/mol. The topological polar surface area (TPSA) is 79.9 Å². The van der Waals surface area contributed by atoms with Crippen LogP contribution in [0.3, 0.4) is 0 Å². The molecule has 1 heterocycles. The number of rotatable bonds is 8. The van der Waals surface area contributed by atoms with Gasteiger partial charge in [-0.25, -0.2) is 4.79 Å². The van der Waals surface area contributed by atoms with Crippen molar-refractivity contribution in [3.63, 3.8) is 0 Å². The molecule has 3 rings (SSSR count). The predicted octanol–water partition coefficient (Wildman–Crippen LogP) is 4.41. The third kappa shape index (κ3) is 6.28. The fourth-order valence-corrected chi connectivity index (χ4v) is 4.12. The molecular formula is C26H33N3O4. The SMILES string of the molecule is C=CCc1cc(C(=O)N2CCCC(CNC(=O)Nc3ccc(C)cc3)C2)cc(OC)c1OC. The summed E-state index contributed by atoms with van der Waals surface area (Å²) in [7, 11) is 3.15. The summed E-state index contributed by atoms with van der Waals surface area (Å²) in [5, 5.41) is 5.78. The molecular weight excluding hydrogens is 418 g/mol. The Balaban J connectivity index is 1.62. The lowest BCUT2D eigenvalue weighted by Crippen LogP contribution is -2.44. The van der Waals surface area contributed by atoms with E-state index in [0.29, 0.717) is 43.1 Å². The van der Waals surface area contributed by atoms with Crippen LogP contribution < -0.4 is 20.1 Å². The van der Waals surface area contributed by atoms with Crippen LogP contribution in [0.5, 0.6) is 11.5 Å². The molecule has 2 aromatic carbocycles. The van der Waals surface area contributed by atoms with Gasteiger partial charge in [0, 0.05) is 36.4 Å². The second-order valence-electron chi connectivity index (χ2n) is 8.32. The minimum atomic E-state index is -0.240. The number of amides is 3. The number of ether oxygens (including phenoxy) is 2. The number of carbonyl (C=O) groups excluding carboxylic acids is 2. The standard InChI is InChI=1S/C26H33N3O4/c1-5-7-20-14-21(15-23(32-3)24(20)33-4)25(30)29-13-6-8-19(17-29)16-27-26(31)28-22-11-9-18(2)10-12-22/h5,9-12,14-15,19H,1,6-8,13,16-17H2,2-4H3,(H2,27,28,31). The highest BCUT2D eigenvalue weighted by Crippen LogP contribution is 2.34. The zero-order valence-electron chi connectivity index (χ0n) is 19.6. The van der Waals surface area contributed by atoms with Gasteiger partial charge in [0.15, 0.2) is 11.5 Å². The van der Waals surface area contributed by atoms with E-state index in [9.17, 15) is 9.59 Å². The van der Waals surface area contributed by atoms with E-state index >= 15 is 0 Å². The number of benzene rings is 2. The highest BCUT2D eigenvalue weighted by molar-refractivity contribution is 5.95. The molecule has 1 unspecified atom stereocenters. The Morgan fingerprint density at radius 3 is 2.61 bits per heavy atom. The van der Waals surface area contributed by atoms with Crippen molar-refractivity contribution in [3.05, 3.63) is 65.7 Å². The van der Waals surface area contributed by atoms with Crippen molar-refractivity contribution in [1.29, 1.82) is 0 Å². The maximum Gasteiger partial charge on any atom is 0.319 e. The van der Waals surface area contributed by atoms with E-state index in [-0.39, 0.29) is 17.9 Å². The largest absolute Gasteiger partial charge is 0.493 e. The summed E-state index contributed by atoms with van der Waals surface area (Å²) in [6.45, 7) is 7.59. The van der Waals surface area contributed by atoms with Gasteiger partial charge in [0.05, 0.1) is 14.2 Å². The molecule has 1 atom stereocenters. The van der Waals surface area contributed by atoms with Gasteiger partial charge in [-0.15, -0.1) is 6.58 Å². The van der Waals surface area contributed by atoms with Crippen LogP contribution in [0.2, 0.25) is 0 Å². The minimum absolute atomic E-state index is 0.0462. The van der Waals surface area contributed by atoms with Crippen LogP contribution in [0.4, 0.5) is 10.5 Å². The van der Waals surface area contributed by atoms with Crippen molar-refractivity contribution in [1.82, 2.24) is 10.2 Å². The molecule has 3 amide bonds. The summed E-state index contributed by atoms with van der Waals surface area (Å²) >= 11 is 0. The van der Waals surface area contributed by atoms with E-state index < -0.39 is 0 Å². The lowest BCUT2D eigenvalue weighted by atomic mass is 9.96. The Morgan fingerprint density at radius 2 is 1.94 bits per heavy atom. The molecule has 0 radical (unpaired) electrons. The number of carbonyl (C=O) groups is 2. The van der Waals surface area contributed by atoms with Crippen molar-refractivity contribution in [3.8, 4) is 11.5 Å². The number of anilines is 1. The van der Waals surface area contributed by atoms with Crippen LogP contribution in [0.15, 0.2) is 49.1 Å². The summed E-state index contributed by atoms with van der Waals surface area (Å²) in [5.74, 6) is 1.30. The molecule has 1 saturated heterocycles. The maximum absolute atomic E-state index is 13.3. The number of methoxy groups -OCH3 is 2. The van der Waals surface area contributed by atoms with Gasteiger partial charge >= 0.3 is 6.03 Å². The second-order valence-corrected chi connectivity index (χ2v) is 8.32. The third-order valence-corrected chi connectivity index (χ3v) is 5.83. The molecule has 1 aliphatic heterocycles. The van der Waals surface area contributed by atoms with Crippen LogP contribution >= 0.6 is 0 Å². The van der Waals surface area contributed by atoms with Crippen molar-refractivity contribution >= 4 is 17.6 Å². The zero-order chi connectivity index (χ0) is 23.8. The summed E-state index contributed by atoms with van der Waals surface area (Å²) in [6, 6.07) is 11.0. The molecule has 176 valence electrons. The lowest BCUT2D eigenvalue weighted by molar-refractivity contribution is 0.0674. The van der Waals surface area contributed by atoms with Gasteiger partial charge in [-0.05, 0) is 56.4 Å². The predicted molar refractivity (Wildman–Crippen MR) is 130 cm³/mol. The number of hydrogen-bond acceptors (Lipinski definition) is 4. The average Bonchev–Trinajstić information content (AvgIpc) is 2.83. The smallest absolute Gasteiger partial charge is 0.319 e. The van der Waals surface area contributed by atoms with Gasteiger partial charge in [0.25, 0.3) is 5.91 Å². The number of aryl methyl sites for hydroxylation is 1. The maximum atomic E-state index is 13.3. The van der Waals surface area contributed by atoms with Crippen molar-refractivity contribution < 1.29 is 19.1 Å². The van der Waals surface area contributed by atoms with Gasteiger partial charge in [-0.1, -0.05) is 23.8 Å². The average molecular weight is 452 g/mol. The molecule has 1 aliphatic rings. The molecule has 1 fully saturated rings. The number of piperidine rings is 1. The molecule has 0 aliphatic carbocycles. The first-order valence-electron chi connectivity index (χ1n) is 11.2. The van der Waals surface area contributed by atoms with E-state index in [1.165, 1.54) is 0 Å². The number of allylic oxidation sites excluding steroid dienone is 1. The van der Waals surface area contributed by atoms with Gasteiger partial charge in [0.2, 0.25) is 0 Å². The quantitative estimate of drug-likeness (QED) is 0.583. The molecule has 2 N–H and O–H groups in total. The summed E-state index contributed by atoms with van der Waals surface area (Å²) in [6.07, 6.45) is 4.20. The fraction of sp³-hybridized carbons (Fsp3) is 0.385. The normalized spacial score (nSPS) is 15.5. The molecule has 2 aromatic rings. The van der Waals surface area contributed by atoms with E-state index in [1.54, 1.807) is 26.4 Å². The van der Waals surface area contributed by atoms with Crippen LogP contribution in [0, 0.1) is 12.8 Å². The Bertz CT molecular complexity index is 988. The number of nitrogens with zero attached hydrogens (tertiary/aromatic N) is 1. The van der Waals surface area contributed by atoms with Crippen LogP contribution in [0.1, 0.15) is 34.3 Å². The van der Waals surface area contributed by atoms with E-state index in [0.717, 1.165) is 29.7 Å². The lowest BCUT2D eigenvalue weighted by Gasteiger charge is -2.33. The Labute approximate surface area is 195 Å². The molecule has 0 aromatic heterocycles. The molecule has 33 heavy (non-hydrogen) atoms. The first-order chi connectivity index (χ1) is 15.9. The molecule has 0 saturated carbocycles. The molecule has 0 bridgehead atoms. The van der Waals surface area contributed by atoms with E-state index in [4.69, 9.17) is 9.47 Å². The summed E-state index contributed by atoms with van der Waals surface area (Å²) < 4.78 is 10.9. The zero-order valence-corrected chi connectivity index (χ0v) is 19.6. The van der Waals surface area contributed by atoms with Crippen LogP contribution in [-0.2, 0) is 6.42 Å². The first kappa shape index (κ1) is 24.2. The van der Waals surface area contributed by atoms with Crippen LogP contribution in [-0.4, -0.2) is 50.7 Å². The Hall–Kier alpha value is -3.48. The third-order valence-electron chi connectivity index (χ3n) is 5.83. The van der Waals surface area contributed by atoms with E-state index in [2.05, 4.69) is 17.2 Å². The molecule has 7 heteroatoms. The van der Waals surface area contributed by atoms with Gasteiger partial charge in [-0.3, -0.25) is 4.79 Å². The molecule has 0 spiro atoms. The van der Waals surface area contributed by atoms with E-state index in [1.807, 2.05) is 42.2 Å². The second kappa shape index (κ2) is 11.4. The van der Waals surface area contributed by atoms with Gasteiger partial charge in [-0.2, -0.15) is 0 Å². The van der Waals surface area contributed by atoms with Crippen molar-refractivity contribution in [2.24, 2.45) is 5.92 Å². The summed E-state index contributed by atoms with van der Waals surface area (Å²) in [4.78, 5) is 27.4. The van der Waals surface area contributed by atoms with Crippen molar-refractivity contribution in [2.75, 3.05) is 39.2 Å². The van der Waals surface area contributed by atoms with Crippen LogP contribution in [0.25, 0.3) is 0 Å². The number of likely N-dealkylation sites (tertiary alicyclic amines) is 1. The van der Waals surface area contributed by atoms with Crippen molar-refractivity contribution in [2.45, 2.75) is 26.2 Å². The summed E-state index contributed by atoms with van der Waals surface area (Å²) in [5.41, 5.74) is 3.31. The molecule has 7 nitrogen and oxygen atoms in total. The minimum Gasteiger partial charge on any atom is -0.493 e. The highest BCUT2D eigenvalue weighted by atomic mass is 16.5. The number of hydrogen-bond donors (Lipinski definition) is 2. The first-order valence-corrected chi connectivity index (χ1v) is 11.2. The number of urea groups is 1. The van der Waals surface area contributed by atoms with Gasteiger partial charge in [0.1, 0.15) is 0 Å². The fourth-order valence-electron chi connectivity index (χ4n) is 4.12. The van der Waals surface area contributed by atoms with Gasteiger partial charge < -0.3 is 25.0 Å².